The molecule has 1 saturated heterocycles. The topological polar surface area (TPSA) is 47.3 Å². The van der Waals surface area contributed by atoms with E-state index in [-0.39, 0.29) is 0 Å². The normalized spacial score (nSPS) is 17.7. The Hall–Kier alpha value is -1.06. The predicted molar refractivity (Wildman–Crippen MR) is 61.8 cm³/mol. The first kappa shape index (κ1) is 10.5. The molecule has 0 saturated carbocycles. The van der Waals surface area contributed by atoms with Crippen LogP contribution >= 0.6 is 0 Å². The molecule has 3 nitrogen and oxygen atoms in total. The molecule has 15 heavy (non-hydrogen) atoms. The standard InChI is InChI=1S/C12H18N2O/c13-9-10-3-1-2-4-12(10)14-11-5-7-15-8-6-11/h1-4,11,14H,5-9,13H2. The van der Waals surface area contributed by atoms with Gasteiger partial charge < -0.3 is 15.8 Å². The zero-order valence-corrected chi connectivity index (χ0v) is 8.91. The van der Waals surface area contributed by atoms with Gasteiger partial charge in [0.1, 0.15) is 0 Å². The van der Waals surface area contributed by atoms with Gasteiger partial charge in [0.05, 0.1) is 0 Å². The Bertz CT molecular complexity index is 308. The Morgan fingerprint density at radius 2 is 2.00 bits per heavy atom. The molecule has 0 aliphatic carbocycles. The lowest BCUT2D eigenvalue weighted by Gasteiger charge is -2.25. The largest absolute Gasteiger partial charge is 0.382 e. The van der Waals surface area contributed by atoms with Gasteiger partial charge in [0, 0.05) is 31.5 Å². The zero-order chi connectivity index (χ0) is 10.5. The van der Waals surface area contributed by atoms with Crippen LogP contribution < -0.4 is 11.1 Å². The van der Waals surface area contributed by atoms with Gasteiger partial charge in [0.15, 0.2) is 0 Å². The van der Waals surface area contributed by atoms with Crippen LogP contribution in [0.5, 0.6) is 0 Å². The van der Waals surface area contributed by atoms with E-state index in [1.165, 1.54) is 11.3 Å². The summed E-state index contributed by atoms with van der Waals surface area (Å²) in [6.45, 7) is 2.32. The maximum absolute atomic E-state index is 5.69. The second-order valence-corrected chi connectivity index (χ2v) is 3.89. The van der Waals surface area contributed by atoms with Crippen LogP contribution in [0.25, 0.3) is 0 Å². The maximum atomic E-state index is 5.69. The average Bonchev–Trinajstić information content (AvgIpc) is 2.31. The predicted octanol–water partition coefficient (Wildman–Crippen LogP) is 1.74. The first-order valence-electron chi connectivity index (χ1n) is 5.52. The summed E-state index contributed by atoms with van der Waals surface area (Å²) in [6.07, 6.45) is 2.16. The Kier molecular flexibility index (Phi) is 3.59. The van der Waals surface area contributed by atoms with Crippen LogP contribution in [0.15, 0.2) is 24.3 Å². The van der Waals surface area contributed by atoms with Crippen molar-refractivity contribution in [2.75, 3.05) is 18.5 Å². The molecule has 82 valence electrons. The Balaban J connectivity index is 2.02. The van der Waals surface area contributed by atoms with Crippen LogP contribution in [0, 0.1) is 0 Å². The maximum Gasteiger partial charge on any atom is 0.0485 e. The van der Waals surface area contributed by atoms with Gasteiger partial charge in [-0.25, -0.2) is 0 Å². The molecule has 0 bridgehead atoms. The first-order chi connectivity index (χ1) is 7.40. The van der Waals surface area contributed by atoms with Crippen molar-refractivity contribution in [3.63, 3.8) is 0 Å². The van der Waals surface area contributed by atoms with Gasteiger partial charge in [-0.2, -0.15) is 0 Å². The summed E-state index contributed by atoms with van der Waals surface area (Å²) in [4.78, 5) is 0. The van der Waals surface area contributed by atoms with Crippen molar-refractivity contribution in [1.82, 2.24) is 0 Å². The summed E-state index contributed by atoms with van der Waals surface area (Å²) in [7, 11) is 0. The van der Waals surface area contributed by atoms with Crippen molar-refractivity contribution in [2.24, 2.45) is 5.73 Å². The SMILES string of the molecule is NCc1ccccc1NC1CCOCC1. The van der Waals surface area contributed by atoms with Gasteiger partial charge in [-0.1, -0.05) is 18.2 Å². The molecule has 0 amide bonds. The minimum Gasteiger partial charge on any atom is -0.382 e. The van der Waals surface area contributed by atoms with E-state index in [0.29, 0.717) is 12.6 Å². The lowest BCUT2D eigenvalue weighted by atomic mass is 10.1. The highest BCUT2D eigenvalue weighted by atomic mass is 16.5. The third kappa shape index (κ3) is 2.70. The van der Waals surface area contributed by atoms with Gasteiger partial charge in [0.25, 0.3) is 0 Å². The van der Waals surface area contributed by atoms with Crippen LogP contribution in [-0.2, 0) is 11.3 Å². The summed E-state index contributed by atoms with van der Waals surface area (Å²) < 4.78 is 5.33. The fourth-order valence-electron chi connectivity index (χ4n) is 1.90. The molecular weight excluding hydrogens is 188 g/mol. The van der Waals surface area contributed by atoms with Crippen molar-refractivity contribution < 1.29 is 4.74 Å². The van der Waals surface area contributed by atoms with E-state index in [1.54, 1.807) is 0 Å². The summed E-state index contributed by atoms with van der Waals surface area (Å²) in [6, 6.07) is 8.77. The minimum absolute atomic E-state index is 0.534. The smallest absolute Gasteiger partial charge is 0.0485 e. The summed E-state index contributed by atoms with van der Waals surface area (Å²) in [5.41, 5.74) is 8.05. The number of benzene rings is 1. The monoisotopic (exact) mass is 206 g/mol. The molecule has 1 aromatic carbocycles. The van der Waals surface area contributed by atoms with Gasteiger partial charge in [0.2, 0.25) is 0 Å². The van der Waals surface area contributed by atoms with E-state index >= 15 is 0 Å². The molecular formula is C12H18N2O. The lowest BCUT2D eigenvalue weighted by molar-refractivity contribution is 0.0904. The molecule has 3 heteroatoms. The number of nitrogens with two attached hydrogens (primary N) is 1. The third-order valence-electron chi connectivity index (χ3n) is 2.82. The number of rotatable bonds is 3. The van der Waals surface area contributed by atoms with E-state index in [9.17, 15) is 0 Å². The van der Waals surface area contributed by atoms with E-state index < -0.39 is 0 Å². The minimum atomic E-state index is 0.534. The lowest BCUT2D eigenvalue weighted by Crippen LogP contribution is -2.28. The number of para-hydroxylation sites is 1. The molecule has 0 unspecified atom stereocenters. The first-order valence-corrected chi connectivity index (χ1v) is 5.52. The molecule has 0 atom stereocenters. The average molecular weight is 206 g/mol. The van der Waals surface area contributed by atoms with Crippen molar-refractivity contribution >= 4 is 5.69 Å². The molecule has 0 spiro atoms. The molecule has 1 aliphatic heterocycles. The second-order valence-electron chi connectivity index (χ2n) is 3.89. The molecule has 0 aromatic heterocycles. The number of ether oxygens (including phenoxy) is 1. The van der Waals surface area contributed by atoms with E-state index in [2.05, 4.69) is 17.4 Å². The van der Waals surface area contributed by atoms with Crippen LogP contribution in [0.1, 0.15) is 18.4 Å². The van der Waals surface area contributed by atoms with Crippen LogP contribution in [0.2, 0.25) is 0 Å². The van der Waals surface area contributed by atoms with Gasteiger partial charge in [-0.3, -0.25) is 0 Å². The Labute approximate surface area is 90.6 Å². The molecule has 1 aromatic rings. The molecule has 1 fully saturated rings. The zero-order valence-electron chi connectivity index (χ0n) is 8.91. The van der Waals surface area contributed by atoms with Gasteiger partial charge in [-0.05, 0) is 24.5 Å². The van der Waals surface area contributed by atoms with Gasteiger partial charge >= 0.3 is 0 Å². The highest BCUT2D eigenvalue weighted by Gasteiger charge is 2.13. The Morgan fingerprint density at radius 1 is 1.27 bits per heavy atom. The van der Waals surface area contributed by atoms with E-state index in [1.807, 2.05) is 12.1 Å². The highest BCUT2D eigenvalue weighted by molar-refractivity contribution is 5.51. The van der Waals surface area contributed by atoms with Crippen LogP contribution in [0.4, 0.5) is 5.69 Å². The fourth-order valence-corrected chi connectivity index (χ4v) is 1.90. The highest BCUT2D eigenvalue weighted by Crippen LogP contribution is 2.18. The molecule has 0 radical (unpaired) electrons. The van der Waals surface area contributed by atoms with Crippen LogP contribution in [-0.4, -0.2) is 19.3 Å². The molecule has 1 heterocycles. The fraction of sp³-hybridized carbons (Fsp3) is 0.500. The van der Waals surface area contributed by atoms with E-state index in [0.717, 1.165) is 26.1 Å². The molecule has 2 rings (SSSR count). The number of anilines is 1. The van der Waals surface area contributed by atoms with Gasteiger partial charge in [-0.15, -0.1) is 0 Å². The number of hydrogen-bond donors (Lipinski definition) is 2. The van der Waals surface area contributed by atoms with E-state index in [4.69, 9.17) is 10.5 Å². The molecule has 3 N–H and O–H groups in total. The number of nitrogens with one attached hydrogen (secondary N) is 1. The summed E-state index contributed by atoms with van der Waals surface area (Å²) in [5, 5.41) is 3.54. The summed E-state index contributed by atoms with van der Waals surface area (Å²) >= 11 is 0. The van der Waals surface area contributed by atoms with Crippen molar-refractivity contribution in [3.8, 4) is 0 Å². The van der Waals surface area contributed by atoms with Crippen molar-refractivity contribution in [1.29, 1.82) is 0 Å². The van der Waals surface area contributed by atoms with Crippen LogP contribution in [0.3, 0.4) is 0 Å². The van der Waals surface area contributed by atoms with Crippen molar-refractivity contribution in [2.45, 2.75) is 25.4 Å². The quantitative estimate of drug-likeness (QED) is 0.792. The number of hydrogen-bond acceptors (Lipinski definition) is 3. The van der Waals surface area contributed by atoms with Crippen molar-refractivity contribution in [3.05, 3.63) is 29.8 Å². The Morgan fingerprint density at radius 3 is 2.73 bits per heavy atom. The third-order valence-corrected chi connectivity index (χ3v) is 2.82. The molecule has 1 aliphatic rings. The second kappa shape index (κ2) is 5.14. The summed E-state index contributed by atoms with van der Waals surface area (Å²) in [5.74, 6) is 0.